The third kappa shape index (κ3) is 5.93. The molecule has 136 valence electrons. The number of rotatable bonds is 7. The van der Waals surface area contributed by atoms with Crippen LogP contribution >= 0.6 is 11.8 Å². The van der Waals surface area contributed by atoms with E-state index in [1.54, 1.807) is 42.5 Å². The Morgan fingerprint density at radius 3 is 2.35 bits per heavy atom. The van der Waals surface area contributed by atoms with E-state index in [4.69, 9.17) is 4.74 Å². The average Bonchev–Trinajstić information content (AvgIpc) is 2.66. The molecular formula is C19H19NO5S. The third-order valence-electron chi connectivity index (χ3n) is 3.52. The van der Waals surface area contributed by atoms with Gasteiger partial charge in [0.25, 0.3) is 5.91 Å². The zero-order valence-corrected chi connectivity index (χ0v) is 15.0. The predicted molar refractivity (Wildman–Crippen MR) is 99.0 cm³/mol. The zero-order valence-electron chi connectivity index (χ0n) is 14.2. The second kappa shape index (κ2) is 9.62. The molecule has 0 heterocycles. The molecule has 0 aliphatic rings. The molecule has 0 bridgehead atoms. The van der Waals surface area contributed by atoms with Crippen LogP contribution in [0.3, 0.4) is 0 Å². The summed E-state index contributed by atoms with van der Waals surface area (Å²) in [5, 5.41) is 11.7. The van der Waals surface area contributed by atoms with Gasteiger partial charge in [-0.15, -0.1) is 0 Å². The van der Waals surface area contributed by atoms with Gasteiger partial charge in [0.1, 0.15) is 11.8 Å². The zero-order chi connectivity index (χ0) is 18.9. The number of hydrogen-bond donors (Lipinski definition) is 2. The molecule has 0 saturated heterocycles. The lowest BCUT2D eigenvalue weighted by Gasteiger charge is -2.16. The molecular weight excluding hydrogens is 354 g/mol. The van der Waals surface area contributed by atoms with Crippen LogP contribution in [0, 0.1) is 0 Å². The lowest BCUT2D eigenvalue weighted by molar-refractivity contribution is -0.142. The first kappa shape index (κ1) is 19.5. The van der Waals surface area contributed by atoms with E-state index in [1.165, 1.54) is 19.2 Å². The number of esters is 1. The van der Waals surface area contributed by atoms with E-state index >= 15 is 0 Å². The minimum absolute atomic E-state index is 0.0716. The van der Waals surface area contributed by atoms with Crippen molar-refractivity contribution < 1.29 is 24.2 Å². The van der Waals surface area contributed by atoms with Gasteiger partial charge in [-0.25, -0.2) is 4.79 Å². The Balaban J connectivity index is 1.92. The summed E-state index contributed by atoms with van der Waals surface area (Å²) < 4.78 is 4.71. The first-order chi connectivity index (χ1) is 12.5. The molecule has 2 N–H and O–H groups in total. The fourth-order valence-corrected chi connectivity index (χ4v) is 2.99. The van der Waals surface area contributed by atoms with Gasteiger partial charge in [-0.3, -0.25) is 9.59 Å². The maximum absolute atomic E-state index is 12.2. The van der Waals surface area contributed by atoms with E-state index in [1.807, 2.05) is 0 Å². The van der Waals surface area contributed by atoms with Crippen LogP contribution < -0.4 is 5.32 Å². The average molecular weight is 373 g/mol. The van der Waals surface area contributed by atoms with E-state index in [-0.39, 0.29) is 23.0 Å². The summed E-state index contributed by atoms with van der Waals surface area (Å²) in [5.41, 5.74) is 1.17. The number of hydrogen-bond acceptors (Lipinski definition) is 6. The highest BCUT2D eigenvalue weighted by atomic mass is 32.2. The summed E-state index contributed by atoms with van der Waals surface area (Å²) >= 11 is 0.947. The van der Waals surface area contributed by atoms with Crippen LogP contribution in [0.2, 0.25) is 0 Å². The SMILES string of the molecule is COC(=O)[C@H](CSC(=O)Cc1ccc(O)cc1)NC(=O)c1ccccc1. The van der Waals surface area contributed by atoms with Crippen molar-refractivity contribution in [2.75, 3.05) is 12.9 Å². The maximum Gasteiger partial charge on any atom is 0.329 e. The lowest BCUT2D eigenvalue weighted by atomic mass is 10.2. The van der Waals surface area contributed by atoms with Crippen LogP contribution in [0.1, 0.15) is 15.9 Å². The molecule has 2 aromatic rings. The summed E-state index contributed by atoms with van der Waals surface area (Å²) in [6.07, 6.45) is 0.158. The summed E-state index contributed by atoms with van der Waals surface area (Å²) in [6.45, 7) is 0. The highest BCUT2D eigenvalue weighted by molar-refractivity contribution is 8.13. The van der Waals surface area contributed by atoms with Crippen molar-refractivity contribution in [2.24, 2.45) is 0 Å². The van der Waals surface area contributed by atoms with E-state index in [9.17, 15) is 19.5 Å². The molecule has 0 aromatic heterocycles. The summed E-state index contributed by atoms with van der Waals surface area (Å²) in [7, 11) is 1.23. The van der Waals surface area contributed by atoms with Crippen molar-refractivity contribution >= 4 is 28.8 Å². The van der Waals surface area contributed by atoms with Crippen LogP contribution in [-0.4, -0.2) is 41.0 Å². The van der Waals surface area contributed by atoms with Crippen molar-refractivity contribution in [1.82, 2.24) is 5.32 Å². The van der Waals surface area contributed by atoms with Gasteiger partial charge in [-0.05, 0) is 29.8 Å². The number of aromatic hydroxyl groups is 1. The Labute approximate surface area is 155 Å². The number of carbonyl (C=O) groups is 3. The van der Waals surface area contributed by atoms with Crippen molar-refractivity contribution in [1.29, 1.82) is 0 Å². The van der Waals surface area contributed by atoms with Crippen molar-refractivity contribution in [3.63, 3.8) is 0 Å². The molecule has 7 heteroatoms. The number of thioether (sulfide) groups is 1. The van der Waals surface area contributed by atoms with Gasteiger partial charge in [0, 0.05) is 17.7 Å². The van der Waals surface area contributed by atoms with Crippen LogP contribution in [0.25, 0.3) is 0 Å². The first-order valence-electron chi connectivity index (χ1n) is 7.87. The van der Waals surface area contributed by atoms with E-state index in [2.05, 4.69) is 5.32 Å². The minimum atomic E-state index is -0.929. The van der Waals surface area contributed by atoms with Gasteiger partial charge in [0.2, 0.25) is 0 Å². The number of methoxy groups -OCH3 is 1. The van der Waals surface area contributed by atoms with Crippen molar-refractivity contribution in [3.05, 3.63) is 65.7 Å². The molecule has 1 atom stereocenters. The normalized spacial score (nSPS) is 11.4. The Morgan fingerprint density at radius 2 is 1.73 bits per heavy atom. The standard InChI is InChI=1S/C19H19NO5S/c1-25-19(24)16(20-18(23)14-5-3-2-4-6-14)12-26-17(22)11-13-7-9-15(21)10-8-13/h2-10,16,21H,11-12H2,1H3,(H,20,23)/t16-/m0/s1. The van der Waals surface area contributed by atoms with Gasteiger partial charge >= 0.3 is 5.97 Å². The second-order valence-electron chi connectivity index (χ2n) is 5.44. The Kier molecular flexibility index (Phi) is 7.23. The number of carbonyl (C=O) groups excluding carboxylic acids is 3. The van der Waals surface area contributed by atoms with Crippen LogP contribution in [0.5, 0.6) is 5.75 Å². The molecule has 1 amide bonds. The molecule has 26 heavy (non-hydrogen) atoms. The van der Waals surface area contributed by atoms with Gasteiger partial charge in [-0.2, -0.15) is 0 Å². The number of phenols is 1. The topological polar surface area (TPSA) is 92.7 Å². The van der Waals surface area contributed by atoms with Crippen LogP contribution in [-0.2, 0) is 20.7 Å². The first-order valence-corrected chi connectivity index (χ1v) is 8.85. The third-order valence-corrected chi connectivity index (χ3v) is 4.49. The number of amides is 1. The Morgan fingerprint density at radius 1 is 1.08 bits per heavy atom. The molecule has 0 saturated carbocycles. The smallest absolute Gasteiger partial charge is 0.329 e. The van der Waals surface area contributed by atoms with Gasteiger partial charge in [0.15, 0.2) is 5.12 Å². The van der Waals surface area contributed by atoms with Gasteiger partial charge in [-0.1, -0.05) is 42.1 Å². The predicted octanol–water partition coefficient (Wildman–Crippen LogP) is 2.17. The molecule has 0 unspecified atom stereocenters. The minimum Gasteiger partial charge on any atom is -0.508 e. The fourth-order valence-electron chi connectivity index (χ4n) is 2.15. The van der Waals surface area contributed by atoms with Crippen molar-refractivity contribution in [3.8, 4) is 5.75 Å². The van der Waals surface area contributed by atoms with E-state index < -0.39 is 17.9 Å². The fraction of sp³-hybridized carbons (Fsp3) is 0.211. The second-order valence-corrected chi connectivity index (χ2v) is 6.52. The largest absolute Gasteiger partial charge is 0.508 e. The summed E-state index contributed by atoms with van der Waals surface area (Å²) in [6, 6.07) is 13.9. The lowest BCUT2D eigenvalue weighted by Crippen LogP contribution is -2.43. The van der Waals surface area contributed by atoms with Gasteiger partial charge < -0.3 is 15.2 Å². The molecule has 0 fully saturated rings. The molecule has 6 nitrogen and oxygen atoms in total. The summed E-state index contributed by atoms with van der Waals surface area (Å²) in [5.74, 6) is -0.822. The number of phenolic OH excluding ortho intramolecular Hbond substituents is 1. The molecule has 2 aromatic carbocycles. The highest BCUT2D eigenvalue weighted by Crippen LogP contribution is 2.14. The number of ether oxygens (including phenoxy) is 1. The van der Waals surface area contributed by atoms with E-state index in [0.29, 0.717) is 5.56 Å². The van der Waals surface area contributed by atoms with Crippen LogP contribution in [0.4, 0.5) is 0 Å². The molecule has 0 spiro atoms. The Bertz CT molecular complexity index is 761. The molecule has 2 rings (SSSR count). The highest BCUT2D eigenvalue weighted by Gasteiger charge is 2.23. The van der Waals surface area contributed by atoms with Gasteiger partial charge in [0.05, 0.1) is 7.11 Å². The molecule has 0 aliphatic heterocycles. The van der Waals surface area contributed by atoms with Crippen molar-refractivity contribution in [2.45, 2.75) is 12.5 Å². The molecule has 0 radical (unpaired) electrons. The Hall–Kier alpha value is -2.80. The monoisotopic (exact) mass is 373 g/mol. The number of nitrogens with one attached hydrogen (secondary N) is 1. The quantitative estimate of drug-likeness (QED) is 0.723. The molecule has 0 aliphatic carbocycles. The van der Waals surface area contributed by atoms with E-state index in [0.717, 1.165) is 17.3 Å². The van der Waals surface area contributed by atoms with Crippen LogP contribution in [0.15, 0.2) is 54.6 Å². The number of benzene rings is 2. The maximum atomic E-state index is 12.2. The summed E-state index contributed by atoms with van der Waals surface area (Å²) in [4.78, 5) is 36.2.